The third-order valence-corrected chi connectivity index (χ3v) is 6.73. The number of nitrogens with one attached hydrogen (secondary N) is 2. The maximum Gasteiger partial charge on any atom is 0.419 e. The monoisotopic (exact) mass is 445 g/mol. The first-order chi connectivity index (χ1) is 14.5. The number of anilines is 1. The number of amides is 1. The Labute approximate surface area is 181 Å². The Morgan fingerprint density at radius 3 is 2.55 bits per heavy atom. The Balaban J connectivity index is 1.89. The molecule has 0 unspecified atom stereocenters. The van der Waals surface area contributed by atoms with Gasteiger partial charge in [-0.2, -0.15) is 4.72 Å². The number of hydrogen-bond donors (Lipinski definition) is 2. The maximum atomic E-state index is 13.0. The van der Waals surface area contributed by atoms with E-state index >= 15 is 0 Å². The first kappa shape index (κ1) is 22.8. The molecule has 0 saturated heterocycles. The SMILES string of the molecule is Cc1cccc(NC(=O)[C@H](CC(C)C)NS(=O)(=O)c2ccc3c(c2)oc(=O)n3C)c1C. The Bertz CT molecular complexity index is 1290. The summed E-state index contributed by atoms with van der Waals surface area (Å²) in [4.78, 5) is 24.6. The molecule has 0 saturated carbocycles. The van der Waals surface area contributed by atoms with Gasteiger partial charge in [-0.3, -0.25) is 9.36 Å². The van der Waals surface area contributed by atoms with Crippen molar-refractivity contribution in [1.29, 1.82) is 0 Å². The molecule has 0 spiro atoms. The zero-order chi connectivity index (χ0) is 22.9. The van der Waals surface area contributed by atoms with Crippen LogP contribution in [0.3, 0.4) is 0 Å². The lowest BCUT2D eigenvalue weighted by atomic mass is 10.0. The van der Waals surface area contributed by atoms with E-state index in [1.165, 1.54) is 29.8 Å². The lowest BCUT2D eigenvalue weighted by molar-refractivity contribution is -0.118. The predicted octanol–water partition coefficient (Wildman–Crippen LogP) is 3.08. The van der Waals surface area contributed by atoms with Gasteiger partial charge in [-0.15, -0.1) is 0 Å². The molecule has 1 heterocycles. The summed E-state index contributed by atoms with van der Waals surface area (Å²) < 4.78 is 34.9. The smallest absolute Gasteiger partial charge is 0.408 e. The fourth-order valence-electron chi connectivity index (χ4n) is 3.32. The second-order valence-electron chi connectivity index (χ2n) is 8.10. The number of aromatic nitrogens is 1. The highest BCUT2D eigenvalue weighted by atomic mass is 32.2. The van der Waals surface area contributed by atoms with Crippen LogP contribution in [0.1, 0.15) is 31.4 Å². The van der Waals surface area contributed by atoms with Gasteiger partial charge in [0.15, 0.2) is 5.58 Å². The molecule has 2 aromatic carbocycles. The van der Waals surface area contributed by atoms with Crippen LogP contribution in [0.5, 0.6) is 0 Å². The Morgan fingerprint density at radius 2 is 1.87 bits per heavy atom. The molecule has 2 N–H and O–H groups in total. The number of carbonyl (C=O) groups is 1. The summed E-state index contributed by atoms with van der Waals surface area (Å²) in [6.07, 6.45) is 0.318. The molecule has 0 aliphatic rings. The van der Waals surface area contributed by atoms with Gasteiger partial charge >= 0.3 is 5.76 Å². The maximum absolute atomic E-state index is 13.0. The summed E-state index contributed by atoms with van der Waals surface area (Å²) in [6.45, 7) is 7.67. The molecule has 3 aromatic rings. The summed E-state index contributed by atoms with van der Waals surface area (Å²) in [7, 11) is -2.50. The van der Waals surface area contributed by atoms with E-state index in [0.717, 1.165) is 11.1 Å². The van der Waals surface area contributed by atoms with Crippen LogP contribution in [-0.4, -0.2) is 24.9 Å². The molecule has 8 nitrogen and oxygen atoms in total. The topological polar surface area (TPSA) is 110 Å². The van der Waals surface area contributed by atoms with Crippen LogP contribution in [0, 0.1) is 19.8 Å². The summed E-state index contributed by atoms with van der Waals surface area (Å²) in [5.41, 5.74) is 3.24. The van der Waals surface area contributed by atoms with E-state index < -0.39 is 27.7 Å². The van der Waals surface area contributed by atoms with E-state index in [1.807, 2.05) is 39.8 Å². The van der Waals surface area contributed by atoms with Crippen LogP contribution in [0.15, 0.2) is 50.5 Å². The molecule has 0 aliphatic heterocycles. The van der Waals surface area contributed by atoms with Gasteiger partial charge in [0, 0.05) is 18.8 Å². The van der Waals surface area contributed by atoms with Crippen LogP contribution in [0.2, 0.25) is 0 Å². The van der Waals surface area contributed by atoms with Crippen molar-refractivity contribution in [3.8, 4) is 0 Å². The molecule has 166 valence electrons. The first-order valence-electron chi connectivity index (χ1n) is 9.98. The molecule has 0 radical (unpaired) electrons. The summed E-state index contributed by atoms with van der Waals surface area (Å²) in [5.74, 6) is -0.937. The standard InChI is InChI=1S/C22H27N3O5S/c1-13(2)11-18(21(26)23-17-8-6-7-14(3)15(17)4)24-31(28,29)16-9-10-19-20(12-16)30-22(27)25(19)5/h6-10,12-13,18,24H,11H2,1-5H3,(H,23,26)/t18-/m0/s1. The van der Waals surface area contributed by atoms with Crippen LogP contribution >= 0.6 is 0 Å². The lowest BCUT2D eigenvalue weighted by Crippen LogP contribution is -2.44. The van der Waals surface area contributed by atoms with Gasteiger partial charge in [-0.05, 0) is 55.5 Å². The van der Waals surface area contributed by atoms with Crippen molar-refractivity contribution in [2.75, 3.05) is 5.32 Å². The molecule has 31 heavy (non-hydrogen) atoms. The van der Waals surface area contributed by atoms with Gasteiger partial charge in [-0.1, -0.05) is 26.0 Å². The number of aryl methyl sites for hydroxylation is 2. The molecular weight excluding hydrogens is 418 g/mol. The third-order valence-electron chi connectivity index (χ3n) is 5.26. The number of nitrogens with zero attached hydrogens (tertiary/aromatic N) is 1. The number of sulfonamides is 1. The minimum atomic E-state index is -4.04. The van der Waals surface area contributed by atoms with Crippen LogP contribution in [0.25, 0.3) is 11.1 Å². The minimum absolute atomic E-state index is 0.0756. The summed E-state index contributed by atoms with van der Waals surface area (Å²) in [6, 6.07) is 8.76. The van der Waals surface area contributed by atoms with Crippen molar-refractivity contribution in [1.82, 2.24) is 9.29 Å². The molecule has 9 heteroatoms. The normalized spacial score (nSPS) is 13.0. The molecule has 0 aliphatic carbocycles. The Kier molecular flexibility index (Phi) is 6.38. The van der Waals surface area contributed by atoms with E-state index in [0.29, 0.717) is 17.6 Å². The fraction of sp³-hybridized carbons (Fsp3) is 0.364. The third kappa shape index (κ3) is 4.88. The van der Waals surface area contributed by atoms with Crippen LogP contribution in [0.4, 0.5) is 5.69 Å². The highest BCUT2D eigenvalue weighted by Gasteiger charge is 2.27. The number of benzene rings is 2. The van der Waals surface area contributed by atoms with Crippen molar-refractivity contribution in [3.05, 3.63) is 58.1 Å². The zero-order valence-corrected chi connectivity index (χ0v) is 19.0. The van der Waals surface area contributed by atoms with E-state index in [1.54, 1.807) is 6.07 Å². The van der Waals surface area contributed by atoms with E-state index in [4.69, 9.17) is 4.42 Å². The average Bonchev–Trinajstić information content (AvgIpc) is 2.97. The molecule has 0 bridgehead atoms. The number of hydrogen-bond acceptors (Lipinski definition) is 5. The van der Waals surface area contributed by atoms with Crippen molar-refractivity contribution in [3.63, 3.8) is 0 Å². The Morgan fingerprint density at radius 1 is 1.16 bits per heavy atom. The zero-order valence-electron chi connectivity index (χ0n) is 18.2. The van der Waals surface area contributed by atoms with Crippen LogP contribution < -0.4 is 15.8 Å². The number of carbonyl (C=O) groups excluding carboxylic acids is 1. The van der Waals surface area contributed by atoms with Gasteiger partial charge in [0.05, 0.1) is 10.4 Å². The minimum Gasteiger partial charge on any atom is -0.408 e. The fourth-order valence-corrected chi connectivity index (χ4v) is 4.55. The molecule has 3 rings (SSSR count). The van der Waals surface area contributed by atoms with Gasteiger partial charge < -0.3 is 9.73 Å². The van der Waals surface area contributed by atoms with Gasteiger partial charge in [0.1, 0.15) is 6.04 Å². The van der Waals surface area contributed by atoms with Gasteiger partial charge in [0.2, 0.25) is 15.9 Å². The van der Waals surface area contributed by atoms with E-state index in [2.05, 4.69) is 10.0 Å². The van der Waals surface area contributed by atoms with Gasteiger partial charge in [0.25, 0.3) is 0 Å². The molecule has 1 aromatic heterocycles. The lowest BCUT2D eigenvalue weighted by Gasteiger charge is -2.21. The van der Waals surface area contributed by atoms with E-state index in [9.17, 15) is 18.0 Å². The highest BCUT2D eigenvalue weighted by Crippen LogP contribution is 2.21. The second kappa shape index (κ2) is 8.68. The first-order valence-corrected chi connectivity index (χ1v) is 11.5. The second-order valence-corrected chi connectivity index (χ2v) is 9.81. The number of oxazole rings is 1. The quantitative estimate of drug-likeness (QED) is 0.581. The van der Waals surface area contributed by atoms with Crippen molar-refractivity contribution in [2.45, 2.75) is 45.1 Å². The number of rotatable bonds is 7. The number of fused-ring (bicyclic) bond motifs is 1. The van der Waals surface area contributed by atoms with Crippen LogP contribution in [-0.2, 0) is 21.9 Å². The summed E-state index contributed by atoms with van der Waals surface area (Å²) >= 11 is 0. The average molecular weight is 446 g/mol. The van der Waals surface area contributed by atoms with Crippen molar-refractivity contribution in [2.24, 2.45) is 13.0 Å². The largest absolute Gasteiger partial charge is 0.419 e. The molecule has 0 fully saturated rings. The molecule has 1 amide bonds. The van der Waals surface area contributed by atoms with Gasteiger partial charge in [-0.25, -0.2) is 13.2 Å². The van der Waals surface area contributed by atoms with E-state index in [-0.39, 0.29) is 16.4 Å². The van der Waals surface area contributed by atoms with Crippen molar-refractivity contribution < 1.29 is 17.6 Å². The highest BCUT2D eigenvalue weighted by molar-refractivity contribution is 7.89. The molecule has 1 atom stereocenters. The summed E-state index contributed by atoms with van der Waals surface area (Å²) in [5, 5.41) is 2.84. The van der Waals surface area contributed by atoms with Crippen molar-refractivity contribution >= 4 is 32.7 Å². The molecular formula is C22H27N3O5S. The predicted molar refractivity (Wildman–Crippen MR) is 120 cm³/mol. The Hall–Kier alpha value is -2.91.